The van der Waals surface area contributed by atoms with E-state index in [1.54, 1.807) is 28.6 Å². The first-order chi connectivity index (χ1) is 9.05. The van der Waals surface area contributed by atoms with E-state index in [1.165, 1.54) is 0 Å². The maximum atomic E-state index is 12.7. The lowest BCUT2D eigenvalue weighted by Gasteiger charge is -2.27. The fraction of sp³-hybridized carbons (Fsp3) is 0.538. The maximum absolute atomic E-state index is 12.7. The van der Waals surface area contributed by atoms with Crippen molar-refractivity contribution in [2.75, 3.05) is 11.9 Å². The van der Waals surface area contributed by atoms with Crippen LogP contribution >= 0.6 is 27.5 Å². The van der Waals surface area contributed by atoms with E-state index in [4.69, 9.17) is 11.6 Å². The minimum absolute atomic E-state index is 0.137. The number of rotatable bonds is 5. The average Bonchev–Trinajstić information content (AvgIpc) is 2.89. The first-order valence-corrected chi connectivity index (χ1v) is 9.33. The second kappa shape index (κ2) is 6.57. The summed E-state index contributed by atoms with van der Waals surface area (Å²) in [5, 5.41) is 1.20. The third-order valence-electron chi connectivity index (χ3n) is 3.46. The largest absolute Gasteiger partial charge is 0.243 e. The summed E-state index contributed by atoms with van der Waals surface area (Å²) in [5.74, 6) is 0. The molecule has 0 atom stereocenters. The molecule has 0 radical (unpaired) electrons. The van der Waals surface area contributed by atoms with Gasteiger partial charge in [-0.3, -0.25) is 0 Å². The molecule has 0 N–H and O–H groups in total. The van der Waals surface area contributed by atoms with Gasteiger partial charge in [0.25, 0.3) is 0 Å². The Morgan fingerprint density at radius 3 is 2.32 bits per heavy atom. The van der Waals surface area contributed by atoms with Gasteiger partial charge in [-0.15, -0.1) is 0 Å². The van der Waals surface area contributed by atoms with Crippen LogP contribution in [-0.4, -0.2) is 30.6 Å². The second-order valence-electron chi connectivity index (χ2n) is 4.70. The smallest absolute Gasteiger partial charge is 0.207 e. The molecule has 1 aromatic rings. The molecule has 0 heterocycles. The minimum atomic E-state index is -3.42. The van der Waals surface area contributed by atoms with Crippen LogP contribution in [0.1, 0.15) is 25.7 Å². The van der Waals surface area contributed by atoms with E-state index < -0.39 is 10.0 Å². The van der Waals surface area contributed by atoms with Crippen molar-refractivity contribution in [3.8, 4) is 0 Å². The van der Waals surface area contributed by atoms with Gasteiger partial charge in [0.1, 0.15) is 0 Å². The van der Waals surface area contributed by atoms with E-state index in [-0.39, 0.29) is 6.04 Å². The Labute approximate surface area is 128 Å². The van der Waals surface area contributed by atoms with Gasteiger partial charge < -0.3 is 0 Å². The zero-order chi connectivity index (χ0) is 13.9. The molecule has 0 unspecified atom stereocenters. The molecule has 0 aromatic heterocycles. The van der Waals surface area contributed by atoms with Gasteiger partial charge in [0.2, 0.25) is 10.0 Å². The van der Waals surface area contributed by atoms with Crippen molar-refractivity contribution in [2.24, 2.45) is 0 Å². The number of halogens is 2. The zero-order valence-corrected chi connectivity index (χ0v) is 13.7. The van der Waals surface area contributed by atoms with Crippen LogP contribution in [0.25, 0.3) is 0 Å². The standard InChI is InChI=1S/C13H17BrClNO2S/c14-9-10-16(12-3-1-2-4-12)19(17,18)13-7-5-11(15)6-8-13/h5-8,12H,1-4,9-10H2. The summed E-state index contributed by atoms with van der Waals surface area (Å²) < 4.78 is 27.0. The number of nitrogens with zero attached hydrogens (tertiary/aromatic N) is 1. The summed E-state index contributed by atoms with van der Waals surface area (Å²) >= 11 is 9.16. The van der Waals surface area contributed by atoms with Crippen LogP contribution in [0.5, 0.6) is 0 Å². The van der Waals surface area contributed by atoms with Crippen molar-refractivity contribution in [1.29, 1.82) is 0 Å². The first-order valence-electron chi connectivity index (χ1n) is 6.39. The molecule has 0 saturated heterocycles. The second-order valence-corrected chi connectivity index (χ2v) is 7.82. The predicted molar refractivity (Wildman–Crippen MR) is 81.4 cm³/mol. The average molecular weight is 367 g/mol. The van der Waals surface area contributed by atoms with Crippen LogP contribution in [-0.2, 0) is 10.0 Å². The molecule has 19 heavy (non-hydrogen) atoms. The van der Waals surface area contributed by atoms with E-state index >= 15 is 0 Å². The van der Waals surface area contributed by atoms with Crippen LogP contribution in [0, 0.1) is 0 Å². The van der Waals surface area contributed by atoms with Crippen molar-refractivity contribution in [3.63, 3.8) is 0 Å². The molecule has 106 valence electrons. The summed E-state index contributed by atoms with van der Waals surface area (Å²) in [6.07, 6.45) is 4.14. The van der Waals surface area contributed by atoms with Gasteiger partial charge in [0, 0.05) is 22.9 Å². The van der Waals surface area contributed by atoms with Crippen LogP contribution in [0.15, 0.2) is 29.2 Å². The highest BCUT2D eigenvalue weighted by atomic mass is 79.9. The summed E-state index contributed by atoms with van der Waals surface area (Å²) in [6.45, 7) is 0.510. The minimum Gasteiger partial charge on any atom is -0.207 e. The highest BCUT2D eigenvalue weighted by molar-refractivity contribution is 9.09. The number of hydrogen-bond donors (Lipinski definition) is 0. The third kappa shape index (κ3) is 3.51. The van der Waals surface area contributed by atoms with Gasteiger partial charge >= 0.3 is 0 Å². The van der Waals surface area contributed by atoms with E-state index in [0.717, 1.165) is 25.7 Å². The fourth-order valence-electron chi connectivity index (χ4n) is 2.52. The number of hydrogen-bond acceptors (Lipinski definition) is 2. The van der Waals surface area contributed by atoms with Crippen molar-refractivity contribution in [2.45, 2.75) is 36.6 Å². The zero-order valence-electron chi connectivity index (χ0n) is 10.6. The Balaban J connectivity index is 2.30. The summed E-state index contributed by atoms with van der Waals surface area (Å²) in [5.41, 5.74) is 0. The molecular weight excluding hydrogens is 350 g/mol. The number of benzene rings is 1. The Morgan fingerprint density at radius 1 is 1.21 bits per heavy atom. The molecule has 1 aliphatic rings. The highest BCUT2D eigenvalue weighted by Crippen LogP contribution is 2.29. The van der Waals surface area contributed by atoms with Gasteiger partial charge in [0.15, 0.2) is 0 Å². The van der Waals surface area contributed by atoms with Gasteiger partial charge in [-0.05, 0) is 37.1 Å². The molecule has 1 aromatic carbocycles. The van der Waals surface area contributed by atoms with Crippen molar-refractivity contribution >= 4 is 37.6 Å². The lowest BCUT2D eigenvalue weighted by Crippen LogP contribution is -2.40. The summed E-state index contributed by atoms with van der Waals surface area (Å²) in [7, 11) is -3.42. The van der Waals surface area contributed by atoms with Crippen molar-refractivity contribution in [3.05, 3.63) is 29.3 Å². The Hall–Kier alpha value is -0.100. The molecule has 0 spiro atoms. The Morgan fingerprint density at radius 2 is 1.79 bits per heavy atom. The molecule has 3 nitrogen and oxygen atoms in total. The molecular formula is C13H17BrClNO2S. The quantitative estimate of drug-likeness (QED) is 0.746. The van der Waals surface area contributed by atoms with Crippen LogP contribution in [0.4, 0.5) is 0 Å². The molecule has 0 bridgehead atoms. The van der Waals surface area contributed by atoms with Crippen molar-refractivity contribution in [1.82, 2.24) is 4.31 Å². The van der Waals surface area contributed by atoms with E-state index in [0.29, 0.717) is 21.8 Å². The summed E-state index contributed by atoms with van der Waals surface area (Å²) in [6, 6.07) is 6.53. The van der Waals surface area contributed by atoms with Gasteiger partial charge in [-0.2, -0.15) is 4.31 Å². The topological polar surface area (TPSA) is 37.4 Å². The third-order valence-corrected chi connectivity index (χ3v) is 6.03. The van der Waals surface area contributed by atoms with Crippen LogP contribution < -0.4 is 0 Å². The summed E-state index contributed by atoms with van der Waals surface area (Å²) in [4.78, 5) is 0.324. The molecule has 0 aliphatic heterocycles. The Kier molecular flexibility index (Phi) is 5.29. The molecule has 0 amide bonds. The maximum Gasteiger partial charge on any atom is 0.243 e. The van der Waals surface area contributed by atoms with Gasteiger partial charge in [0.05, 0.1) is 4.90 Å². The highest BCUT2D eigenvalue weighted by Gasteiger charge is 2.32. The molecule has 6 heteroatoms. The van der Waals surface area contributed by atoms with Gasteiger partial charge in [-0.1, -0.05) is 40.4 Å². The fourth-order valence-corrected chi connectivity index (χ4v) is 4.95. The number of sulfonamides is 1. The van der Waals surface area contributed by atoms with E-state index in [9.17, 15) is 8.42 Å². The first kappa shape index (κ1) is 15.3. The van der Waals surface area contributed by atoms with Crippen LogP contribution in [0.2, 0.25) is 5.02 Å². The lowest BCUT2D eigenvalue weighted by atomic mass is 10.2. The monoisotopic (exact) mass is 365 g/mol. The van der Waals surface area contributed by atoms with Crippen molar-refractivity contribution < 1.29 is 8.42 Å². The van der Waals surface area contributed by atoms with Crippen LogP contribution in [0.3, 0.4) is 0 Å². The molecule has 2 rings (SSSR count). The SMILES string of the molecule is O=S(=O)(c1ccc(Cl)cc1)N(CCBr)C1CCCC1. The predicted octanol–water partition coefficient (Wildman–Crippen LogP) is 3.67. The molecule has 1 fully saturated rings. The van der Waals surface area contributed by atoms with E-state index in [1.807, 2.05) is 0 Å². The molecule has 1 aliphatic carbocycles. The normalized spacial score (nSPS) is 17.2. The molecule has 1 saturated carbocycles. The van der Waals surface area contributed by atoms with E-state index in [2.05, 4.69) is 15.9 Å². The Bertz CT molecular complexity index is 512. The lowest BCUT2D eigenvalue weighted by molar-refractivity contribution is 0.338. The number of alkyl halides is 1. The van der Waals surface area contributed by atoms with Gasteiger partial charge in [-0.25, -0.2) is 8.42 Å².